The van der Waals surface area contributed by atoms with Crippen molar-refractivity contribution in [3.05, 3.63) is 34.9 Å². The first kappa shape index (κ1) is 15.1. The number of piperazine rings is 1. The van der Waals surface area contributed by atoms with Crippen LogP contribution in [0.1, 0.15) is 6.92 Å². The fourth-order valence-electron chi connectivity index (χ4n) is 2.81. The van der Waals surface area contributed by atoms with Crippen LogP contribution in [-0.4, -0.2) is 52.4 Å². The average molecular weight is 364 g/mol. The quantitative estimate of drug-likeness (QED) is 0.819. The first-order chi connectivity index (χ1) is 10.5. The number of carbonyl (C=O) groups is 2. The molecule has 1 aliphatic heterocycles. The molecule has 0 saturated carbocycles. The Balaban J connectivity index is 1.69. The van der Waals surface area contributed by atoms with Crippen molar-refractivity contribution in [1.82, 2.24) is 14.4 Å². The lowest BCUT2D eigenvalue weighted by Gasteiger charge is -2.34. The number of amides is 2. The Bertz CT molecular complexity index is 717. The van der Waals surface area contributed by atoms with Gasteiger partial charge < -0.3 is 14.4 Å². The van der Waals surface area contributed by atoms with Crippen molar-refractivity contribution in [3.63, 3.8) is 0 Å². The molecule has 22 heavy (non-hydrogen) atoms. The van der Waals surface area contributed by atoms with E-state index in [0.717, 1.165) is 15.4 Å². The van der Waals surface area contributed by atoms with E-state index < -0.39 is 0 Å². The Hall–Kier alpha value is -1.82. The molecule has 0 atom stereocenters. The monoisotopic (exact) mass is 363 g/mol. The Kier molecular flexibility index (Phi) is 4.20. The largest absolute Gasteiger partial charge is 0.339 e. The predicted octanol–water partition coefficient (Wildman–Crippen LogP) is 2.09. The highest BCUT2D eigenvalue weighted by atomic mass is 79.9. The zero-order valence-electron chi connectivity index (χ0n) is 12.5. The first-order valence-corrected chi connectivity index (χ1v) is 8.11. The van der Waals surface area contributed by atoms with Crippen LogP contribution in [0, 0.1) is 0 Å². The molecule has 1 aromatic heterocycles. The minimum absolute atomic E-state index is 0.0772. The number of benzene rings is 1. The molecule has 0 aliphatic carbocycles. The summed E-state index contributed by atoms with van der Waals surface area (Å²) in [6.45, 7) is 4.38. The second kappa shape index (κ2) is 6.12. The molecule has 1 aliphatic rings. The number of aromatic nitrogens is 1. The van der Waals surface area contributed by atoms with Gasteiger partial charge in [-0.25, -0.2) is 0 Å². The smallest absolute Gasteiger partial charge is 0.242 e. The lowest BCUT2D eigenvalue weighted by Crippen LogP contribution is -2.50. The summed E-state index contributed by atoms with van der Waals surface area (Å²) in [6, 6.07) is 8.07. The van der Waals surface area contributed by atoms with E-state index in [9.17, 15) is 9.59 Å². The van der Waals surface area contributed by atoms with Crippen LogP contribution in [-0.2, 0) is 16.1 Å². The van der Waals surface area contributed by atoms with Gasteiger partial charge in [0.1, 0.15) is 6.54 Å². The van der Waals surface area contributed by atoms with Crippen molar-refractivity contribution in [2.24, 2.45) is 0 Å². The van der Waals surface area contributed by atoms with Crippen molar-refractivity contribution in [2.45, 2.75) is 13.5 Å². The molecule has 0 N–H and O–H groups in total. The van der Waals surface area contributed by atoms with Crippen molar-refractivity contribution in [1.29, 1.82) is 0 Å². The van der Waals surface area contributed by atoms with E-state index in [0.29, 0.717) is 32.7 Å². The third kappa shape index (κ3) is 3.02. The van der Waals surface area contributed by atoms with Crippen LogP contribution in [0.4, 0.5) is 0 Å². The lowest BCUT2D eigenvalue weighted by atomic mass is 10.2. The van der Waals surface area contributed by atoms with Gasteiger partial charge in [-0.15, -0.1) is 0 Å². The minimum Gasteiger partial charge on any atom is -0.339 e. The summed E-state index contributed by atoms with van der Waals surface area (Å²) in [5.74, 6) is 0.175. The number of nitrogens with zero attached hydrogens (tertiary/aromatic N) is 3. The number of halogens is 1. The molecule has 0 unspecified atom stereocenters. The highest BCUT2D eigenvalue weighted by Gasteiger charge is 2.22. The second-order valence-corrected chi connectivity index (χ2v) is 6.45. The summed E-state index contributed by atoms with van der Waals surface area (Å²) >= 11 is 3.47. The zero-order chi connectivity index (χ0) is 15.7. The summed E-state index contributed by atoms with van der Waals surface area (Å²) in [5, 5.41) is 1.12. The number of fused-ring (bicyclic) bond motifs is 1. The Morgan fingerprint density at radius 2 is 1.77 bits per heavy atom. The molecular formula is C16H18BrN3O2. The summed E-state index contributed by atoms with van der Waals surface area (Å²) in [6.07, 6.45) is 1.95. The van der Waals surface area contributed by atoms with Gasteiger partial charge in [-0.2, -0.15) is 0 Å². The molecule has 1 fully saturated rings. The van der Waals surface area contributed by atoms with Gasteiger partial charge in [0, 0.05) is 49.3 Å². The van der Waals surface area contributed by atoms with Crippen LogP contribution in [0.2, 0.25) is 0 Å². The van der Waals surface area contributed by atoms with Crippen LogP contribution < -0.4 is 0 Å². The molecule has 116 valence electrons. The van der Waals surface area contributed by atoms with Gasteiger partial charge in [-0.1, -0.05) is 22.0 Å². The molecule has 2 aromatic rings. The average Bonchev–Trinajstić information content (AvgIpc) is 2.89. The highest BCUT2D eigenvalue weighted by molar-refractivity contribution is 9.10. The van der Waals surface area contributed by atoms with Crippen molar-refractivity contribution < 1.29 is 9.59 Å². The molecule has 1 saturated heterocycles. The van der Waals surface area contributed by atoms with Crippen molar-refractivity contribution in [3.8, 4) is 0 Å². The van der Waals surface area contributed by atoms with Crippen molar-refractivity contribution in [2.75, 3.05) is 26.2 Å². The van der Waals surface area contributed by atoms with E-state index in [1.54, 1.807) is 11.8 Å². The molecule has 0 spiro atoms. The fourth-order valence-corrected chi connectivity index (χ4v) is 3.16. The standard InChI is InChI=1S/C16H18BrN3O2/c1-12(21)18-6-8-19(9-7-18)16(22)11-20-5-4-13-2-3-14(17)10-15(13)20/h2-5,10H,6-9,11H2,1H3. The fraction of sp³-hybridized carbons (Fsp3) is 0.375. The number of carbonyl (C=O) groups excluding carboxylic acids is 2. The third-order valence-electron chi connectivity index (χ3n) is 4.12. The summed E-state index contributed by atoms with van der Waals surface area (Å²) < 4.78 is 2.97. The summed E-state index contributed by atoms with van der Waals surface area (Å²) in [7, 11) is 0. The topological polar surface area (TPSA) is 45.6 Å². The molecule has 3 rings (SSSR count). The van der Waals surface area contributed by atoms with Gasteiger partial charge in [0.25, 0.3) is 0 Å². The van der Waals surface area contributed by atoms with Crippen molar-refractivity contribution >= 4 is 38.6 Å². The molecule has 0 radical (unpaired) electrons. The maximum atomic E-state index is 12.5. The van der Waals surface area contributed by atoms with E-state index in [-0.39, 0.29) is 11.8 Å². The van der Waals surface area contributed by atoms with Crippen LogP contribution in [0.3, 0.4) is 0 Å². The molecule has 2 heterocycles. The number of hydrogen-bond donors (Lipinski definition) is 0. The molecule has 2 amide bonds. The molecular weight excluding hydrogens is 346 g/mol. The normalized spacial score (nSPS) is 15.4. The van der Waals surface area contributed by atoms with Crippen LogP contribution >= 0.6 is 15.9 Å². The second-order valence-electron chi connectivity index (χ2n) is 5.53. The van der Waals surface area contributed by atoms with E-state index >= 15 is 0 Å². The van der Waals surface area contributed by atoms with Crippen LogP contribution in [0.15, 0.2) is 34.9 Å². The predicted molar refractivity (Wildman–Crippen MR) is 88.5 cm³/mol. The minimum atomic E-state index is 0.0772. The first-order valence-electron chi connectivity index (χ1n) is 7.32. The van der Waals surface area contributed by atoms with Crippen LogP contribution in [0.5, 0.6) is 0 Å². The van der Waals surface area contributed by atoms with Gasteiger partial charge in [-0.05, 0) is 23.6 Å². The molecule has 0 bridgehead atoms. The summed E-state index contributed by atoms with van der Waals surface area (Å²) in [4.78, 5) is 27.4. The SMILES string of the molecule is CC(=O)N1CCN(C(=O)Cn2ccc3ccc(Br)cc32)CC1. The number of hydrogen-bond acceptors (Lipinski definition) is 2. The molecule has 5 nitrogen and oxygen atoms in total. The van der Waals surface area contributed by atoms with Gasteiger partial charge in [0.2, 0.25) is 11.8 Å². The third-order valence-corrected chi connectivity index (χ3v) is 4.61. The van der Waals surface area contributed by atoms with Crippen LogP contribution in [0.25, 0.3) is 10.9 Å². The Morgan fingerprint density at radius 3 is 2.45 bits per heavy atom. The van der Waals surface area contributed by atoms with E-state index in [1.807, 2.05) is 39.9 Å². The van der Waals surface area contributed by atoms with E-state index in [1.165, 1.54) is 0 Å². The summed E-state index contributed by atoms with van der Waals surface area (Å²) in [5.41, 5.74) is 1.05. The van der Waals surface area contributed by atoms with Gasteiger partial charge >= 0.3 is 0 Å². The zero-order valence-corrected chi connectivity index (χ0v) is 14.0. The maximum Gasteiger partial charge on any atom is 0.242 e. The highest BCUT2D eigenvalue weighted by Crippen LogP contribution is 2.21. The van der Waals surface area contributed by atoms with Gasteiger partial charge in [-0.3, -0.25) is 9.59 Å². The van der Waals surface area contributed by atoms with E-state index in [4.69, 9.17) is 0 Å². The lowest BCUT2D eigenvalue weighted by molar-refractivity contribution is -0.138. The Morgan fingerprint density at radius 1 is 1.09 bits per heavy atom. The van der Waals surface area contributed by atoms with Gasteiger partial charge in [0.15, 0.2) is 0 Å². The maximum absolute atomic E-state index is 12.5. The molecule has 1 aromatic carbocycles. The van der Waals surface area contributed by atoms with Gasteiger partial charge in [0.05, 0.1) is 0 Å². The number of rotatable bonds is 2. The molecule has 6 heteroatoms. The van der Waals surface area contributed by atoms with E-state index in [2.05, 4.69) is 15.9 Å². The Labute approximate surface area is 137 Å².